The Balaban J connectivity index is 1.92. The first-order valence-electron chi connectivity index (χ1n) is 8.86. The Bertz CT molecular complexity index is 940. The van der Waals surface area contributed by atoms with E-state index in [9.17, 15) is 31.1 Å². The Labute approximate surface area is 171 Å². The van der Waals surface area contributed by atoms with Crippen molar-refractivity contribution >= 4 is 28.4 Å². The molecule has 0 spiro atoms. The maximum atomic E-state index is 13.5. The van der Waals surface area contributed by atoms with Gasteiger partial charge in [0.05, 0.1) is 16.1 Å². The number of fused-ring (bicyclic) bond motifs is 1. The van der Waals surface area contributed by atoms with Crippen molar-refractivity contribution in [2.75, 3.05) is 13.1 Å². The minimum atomic E-state index is -4.96. The average molecular weight is 456 g/mol. The zero-order valence-corrected chi connectivity index (χ0v) is 16.0. The van der Waals surface area contributed by atoms with E-state index in [0.717, 1.165) is 12.1 Å². The van der Waals surface area contributed by atoms with E-state index in [1.165, 1.54) is 0 Å². The van der Waals surface area contributed by atoms with Gasteiger partial charge in [-0.3, -0.25) is 4.79 Å². The zero-order valence-electron chi connectivity index (χ0n) is 15.2. The Morgan fingerprint density at radius 2 is 2.07 bits per heavy atom. The van der Waals surface area contributed by atoms with Gasteiger partial charge < -0.3 is 15.4 Å². The average Bonchev–Trinajstić information content (AvgIpc) is 2.64. The summed E-state index contributed by atoms with van der Waals surface area (Å²) in [4.78, 5) is 16.1. The quantitative estimate of drug-likeness (QED) is 0.659. The number of hydrogen-bond acceptors (Lipinski definition) is 4. The van der Waals surface area contributed by atoms with Crippen molar-refractivity contribution in [3.63, 3.8) is 0 Å². The van der Waals surface area contributed by atoms with E-state index < -0.39 is 47.4 Å². The van der Waals surface area contributed by atoms with E-state index in [1.807, 2.05) is 0 Å². The number of rotatable bonds is 5. The van der Waals surface area contributed by atoms with Crippen molar-refractivity contribution in [3.8, 4) is 5.75 Å². The summed E-state index contributed by atoms with van der Waals surface area (Å²) in [6.07, 6.45) is -5.41. The highest BCUT2D eigenvalue weighted by Gasteiger charge is 2.35. The molecule has 1 saturated heterocycles. The maximum absolute atomic E-state index is 13.5. The Hall–Kier alpha value is -2.27. The molecule has 2 atom stereocenters. The van der Waals surface area contributed by atoms with Crippen LogP contribution in [0.1, 0.15) is 28.9 Å². The monoisotopic (exact) mass is 455 g/mol. The molecule has 30 heavy (non-hydrogen) atoms. The van der Waals surface area contributed by atoms with Crippen LogP contribution in [-0.4, -0.2) is 42.8 Å². The molecule has 1 aliphatic rings. The van der Waals surface area contributed by atoms with Crippen molar-refractivity contribution in [1.29, 1.82) is 0 Å². The molecule has 1 fully saturated rings. The number of halogens is 7. The third-order valence-electron chi connectivity index (χ3n) is 4.54. The van der Waals surface area contributed by atoms with Gasteiger partial charge in [-0.05, 0) is 37.6 Å². The first-order valence-corrected chi connectivity index (χ1v) is 9.24. The molecule has 1 amide bonds. The molecule has 3 rings (SSSR count). The summed E-state index contributed by atoms with van der Waals surface area (Å²) in [6, 6.07) is 1.96. The molecule has 0 aliphatic carbocycles. The molecule has 12 heteroatoms. The number of ether oxygens (including phenoxy) is 1. The highest BCUT2D eigenvalue weighted by Crippen LogP contribution is 2.39. The van der Waals surface area contributed by atoms with Gasteiger partial charge in [0, 0.05) is 18.0 Å². The highest BCUT2D eigenvalue weighted by atomic mass is 35.5. The van der Waals surface area contributed by atoms with Crippen molar-refractivity contribution < 1.29 is 35.9 Å². The Morgan fingerprint density at radius 1 is 1.33 bits per heavy atom. The number of nitrogens with zero attached hydrogens (tertiary/aromatic N) is 1. The van der Waals surface area contributed by atoms with E-state index in [1.54, 1.807) is 0 Å². The first kappa shape index (κ1) is 22.4. The lowest BCUT2D eigenvalue weighted by molar-refractivity contribution is -0.136. The van der Waals surface area contributed by atoms with Gasteiger partial charge in [-0.1, -0.05) is 11.6 Å². The Morgan fingerprint density at radius 3 is 2.70 bits per heavy atom. The van der Waals surface area contributed by atoms with Crippen LogP contribution in [0.2, 0.25) is 5.02 Å². The molecule has 1 aliphatic heterocycles. The summed E-state index contributed by atoms with van der Waals surface area (Å²) in [6.45, 7) is -2.85. The van der Waals surface area contributed by atoms with Crippen LogP contribution in [-0.2, 0) is 6.18 Å². The lowest BCUT2D eigenvalue weighted by Crippen LogP contribution is -2.46. The number of nitrogens with one attached hydrogen (secondary N) is 2. The molecule has 2 unspecified atom stereocenters. The van der Waals surface area contributed by atoms with Crippen LogP contribution in [0.25, 0.3) is 10.9 Å². The van der Waals surface area contributed by atoms with E-state index >= 15 is 0 Å². The number of alkyl halides is 6. The third-order valence-corrected chi connectivity index (χ3v) is 4.85. The second-order valence-electron chi connectivity index (χ2n) is 6.72. The molecule has 1 aromatic carbocycles. The highest BCUT2D eigenvalue weighted by molar-refractivity contribution is 6.35. The van der Waals surface area contributed by atoms with Gasteiger partial charge in [0.25, 0.3) is 5.91 Å². The van der Waals surface area contributed by atoms with E-state index in [-0.39, 0.29) is 29.4 Å². The molecule has 0 bridgehead atoms. The second kappa shape index (κ2) is 8.84. The number of carbonyl (C=O) groups is 1. The summed E-state index contributed by atoms with van der Waals surface area (Å²) in [5, 5.41) is 4.91. The SMILES string of the molecule is O=C(NCC1CC(F)CCN1)c1cc(Cl)c2cc(OC(F)F)cc(C(F)(F)F)c2n1. The minimum Gasteiger partial charge on any atom is -0.435 e. The number of pyridine rings is 1. The summed E-state index contributed by atoms with van der Waals surface area (Å²) < 4.78 is 82.8. The Kier molecular flexibility index (Phi) is 6.61. The van der Waals surface area contributed by atoms with Gasteiger partial charge in [-0.25, -0.2) is 9.37 Å². The zero-order chi connectivity index (χ0) is 22.1. The number of carbonyl (C=O) groups excluding carboxylic acids is 1. The summed E-state index contributed by atoms with van der Waals surface area (Å²) in [5.41, 5.74) is -2.45. The summed E-state index contributed by atoms with van der Waals surface area (Å²) in [5.74, 6) is -1.54. The number of hydrogen-bond donors (Lipinski definition) is 2. The largest absolute Gasteiger partial charge is 0.435 e. The fourth-order valence-corrected chi connectivity index (χ4v) is 3.43. The molecular formula is C18H16ClF6N3O2. The fourth-order valence-electron chi connectivity index (χ4n) is 3.18. The van der Waals surface area contributed by atoms with Crippen LogP contribution in [0, 0.1) is 0 Å². The number of piperidine rings is 1. The predicted octanol–water partition coefficient (Wildman–Crippen LogP) is 4.33. The van der Waals surface area contributed by atoms with Crippen molar-refractivity contribution in [3.05, 3.63) is 34.5 Å². The van der Waals surface area contributed by atoms with Crippen LogP contribution in [0.4, 0.5) is 26.3 Å². The molecule has 164 valence electrons. The van der Waals surface area contributed by atoms with Crippen molar-refractivity contribution in [2.45, 2.75) is 37.8 Å². The smallest absolute Gasteiger partial charge is 0.418 e. The fraction of sp³-hybridized carbons (Fsp3) is 0.444. The minimum absolute atomic E-state index is 0.0455. The number of amides is 1. The summed E-state index contributed by atoms with van der Waals surface area (Å²) >= 11 is 6.01. The standard InChI is InChI=1S/C18H16ClF6N3O2/c19-13-6-14(16(29)27-7-9-3-8(20)1-2-26-9)28-15-11(13)4-10(30-17(21)22)5-12(15)18(23,24)25/h4-6,8-9,17,26H,1-3,7H2,(H,27,29). The van der Waals surface area contributed by atoms with Gasteiger partial charge in [0.2, 0.25) is 0 Å². The second-order valence-corrected chi connectivity index (χ2v) is 7.12. The van der Waals surface area contributed by atoms with E-state index in [4.69, 9.17) is 11.6 Å². The lowest BCUT2D eigenvalue weighted by Gasteiger charge is -2.26. The van der Waals surface area contributed by atoms with Crippen LogP contribution in [0.5, 0.6) is 5.75 Å². The lowest BCUT2D eigenvalue weighted by atomic mass is 10.0. The van der Waals surface area contributed by atoms with Crippen LogP contribution in [0.15, 0.2) is 18.2 Å². The number of benzene rings is 1. The molecule has 2 heterocycles. The van der Waals surface area contributed by atoms with Crippen LogP contribution in [0.3, 0.4) is 0 Å². The van der Waals surface area contributed by atoms with E-state index in [2.05, 4.69) is 20.4 Å². The molecule has 1 aromatic heterocycles. The molecular weight excluding hydrogens is 440 g/mol. The van der Waals surface area contributed by atoms with Crippen LogP contribution < -0.4 is 15.4 Å². The van der Waals surface area contributed by atoms with Crippen molar-refractivity contribution in [2.24, 2.45) is 0 Å². The normalized spacial score (nSPS) is 19.9. The van der Waals surface area contributed by atoms with Crippen LogP contribution >= 0.6 is 11.6 Å². The molecule has 5 nitrogen and oxygen atoms in total. The van der Waals surface area contributed by atoms with Gasteiger partial charge in [-0.2, -0.15) is 22.0 Å². The molecule has 2 N–H and O–H groups in total. The van der Waals surface area contributed by atoms with Gasteiger partial charge in [0.1, 0.15) is 17.6 Å². The number of aromatic nitrogens is 1. The van der Waals surface area contributed by atoms with Gasteiger partial charge in [0.15, 0.2) is 0 Å². The summed E-state index contributed by atoms with van der Waals surface area (Å²) in [7, 11) is 0. The molecule has 0 radical (unpaired) electrons. The van der Waals surface area contributed by atoms with Gasteiger partial charge >= 0.3 is 12.8 Å². The van der Waals surface area contributed by atoms with E-state index in [0.29, 0.717) is 19.0 Å². The topological polar surface area (TPSA) is 63.2 Å². The maximum Gasteiger partial charge on any atom is 0.418 e. The predicted molar refractivity (Wildman–Crippen MR) is 96.6 cm³/mol. The van der Waals surface area contributed by atoms with Crippen molar-refractivity contribution in [1.82, 2.24) is 15.6 Å². The van der Waals surface area contributed by atoms with Gasteiger partial charge in [-0.15, -0.1) is 0 Å². The molecule has 2 aromatic rings. The first-order chi connectivity index (χ1) is 14.0. The third kappa shape index (κ3) is 5.25. The molecule has 0 saturated carbocycles.